The number of amides is 1. The van der Waals surface area contributed by atoms with Crippen molar-refractivity contribution in [2.45, 2.75) is 13.8 Å². The van der Waals surface area contributed by atoms with Crippen LogP contribution in [0.25, 0.3) is 10.9 Å². The van der Waals surface area contributed by atoms with Crippen molar-refractivity contribution < 1.29 is 4.79 Å². The average molecular weight is 299 g/mol. The van der Waals surface area contributed by atoms with Gasteiger partial charge in [0.2, 0.25) is 0 Å². The van der Waals surface area contributed by atoms with E-state index in [9.17, 15) is 4.79 Å². The number of rotatable bonds is 2. The van der Waals surface area contributed by atoms with E-state index in [0.29, 0.717) is 10.6 Å². The van der Waals surface area contributed by atoms with Gasteiger partial charge in [0.25, 0.3) is 5.91 Å². The number of carbonyl (C=O) groups is 1. The molecule has 4 heteroatoms. The molecule has 0 aliphatic heterocycles. The summed E-state index contributed by atoms with van der Waals surface area (Å²) in [4.78, 5) is 15.6. The topological polar surface area (TPSA) is 44.9 Å². The molecule has 0 saturated heterocycles. The first-order valence-electron chi connectivity index (χ1n) is 6.70. The maximum Gasteiger partial charge on any atom is 0.257 e. The Bertz CT molecular complexity index is 816. The fourth-order valence-corrected chi connectivity index (χ4v) is 2.65. The summed E-state index contributed by atoms with van der Waals surface area (Å²) in [5.74, 6) is -0.138. The average Bonchev–Trinajstić information content (AvgIpc) is 2.86. The van der Waals surface area contributed by atoms with Crippen molar-refractivity contribution >= 4 is 34.1 Å². The van der Waals surface area contributed by atoms with Crippen molar-refractivity contribution in [1.82, 2.24) is 4.98 Å². The number of para-hydroxylation sites is 1. The van der Waals surface area contributed by atoms with Crippen LogP contribution >= 0.6 is 11.6 Å². The largest absolute Gasteiger partial charge is 0.360 e. The molecule has 106 valence electrons. The zero-order valence-corrected chi connectivity index (χ0v) is 12.6. The first kappa shape index (κ1) is 13.7. The number of hydrogen-bond donors (Lipinski definition) is 2. The molecule has 0 bridgehead atoms. The van der Waals surface area contributed by atoms with Crippen LogP contribution in [0.15, 0.2) is 42.6 Å². The van der Waals surface area contributed by atoms with Gasteiger partial charge in [-0.2, -0.15) is 0 Å². The number of aromatic nitrogens is 1. The number of aryl methyl sites for hydroxylation is 2. The van der Waals surface area contributed by atoms with E-state index in [1.165, 1.54) is 0 Å². The van der Waals surface area contributed by atoms with Gasteiger partial charge in [-0.1, -0.05) is 29.8 Å². The highest BCUT2D eigenvalue weighted by Crippen LogP contribution is 2.25. The van der Waals surface area contributed by atoms with Gasteiger partial charge < -0.3 is 10.3 Å². The number of H-pyrrole nitrogens is 1. The summed E-state index contributed by atoms with van der Waals surface area (Å²) in [7, 11) is 0. The molecule has 2 aromatic carbocycles. The number of fused-ring (bicyclic) bond motifs is 1. The highest BCUT2D eigenvalue weighted by atomic mass is 35.5. The Morgan fingerprint density at radius 1 is 1.14 bits per heavy atom. The van der Waals surface area contributed by atoms with E-state index in [2.05, 4.69) is 10.3 Å². The molecule has 0 aliphatic carbocycles. The van der Waals surface area contributed by atoms with Gasteiger partial charge in [-0.05, 0) is 43.2 Å². The predicted octanol–water partition coefficient (Wildman–Crippen LogP) is 4.69. The summed E-state index contributed by atoms with van der Waals surface area (Å²) in [6.45, 7) is 3.96. The molecule has 3 rings (SSSR count). The molecule has 21 heavy (non-hydrogen) atoms. The van der Waals surface area contributed by atoms with Crippen LogP contribution in [0, 0.1) is 13.8 Å². The van der Waals surface area contributed by atoms with E-state index in [-0.39, 0.29) is 5.91 Å². The first-order valence-corrected chi connectivity index (χ1v) is 7.08. The number of carbonyl (C=O) groups excluding carboxylic acids is 1. The van der Waals surface area contributed by atoms with Gasteiger partial charge in [0.15, 0.2) is 0 Å². The Labute approximate surface area is 127 Å². The summed E-state index contributed by atoms with van der Waals surface area (Å²) in [6, 6.07) is 11.4. The van der Waals surface area contributed by atoms with Gasteiger partial charge in [0, 0.05) is 27.8 Å². The molecule has 1 amide bonds. The number of aromatic amines is 1. The molecule has 3 aromatic rings. The van der Waals surface area contributed by atoms with Crippen LogP contribution in [-0.4, -0.2) is 10.9 Å². The van der Waals surface area contributed by atoms with Crippen LogP contribution in [0.5, 0.6) is 0 Å². The lowest BCUT2D eigenvalue weighted by molar-refractivity contribution is 0.102. The van der Waals surface area contributed by atoms with Crippen LogP contribution in [0.4, 0.5) is 5.69 Å². The van der Waals surface area contributed by atoms with E-state index in [1.54, 1.807) is 18.3 Å². The quantitative estimate of drug-likeness (QED) is 0.708. The number of halogens is 1. The summed E-state index contributed by atoms with van der Waals surface area (Å²) in [6.07, 6.45) is 1.71. The third-order valence-electron chi connectivity index (χ3n) is 3.61. The van der Waals surface area contributed by atoms with Gasteiger partial charge >= 0.3 is 0 Å². The summed E-state index contributed by atoms with van der Waals surface area (Å²) in [5.41, 5.74) is 4.43. The first-order chi connectivity index (χ1) is 10.1. The van der Waals surface area contributed by atoms with Gasteiger partial charge in [-0.15, -0.1) is 0 Å². The zero-order valence-electron chi connectivity index (χ0n) is 11.8. The monoisotopic (exact) mass is 298 g/mol. The van der Waals surface area contributed by atoms with Crippen LogP contribution in [0.2, 0.25) is 5.02 Å². The van der Waals surface area contributed by atoms with Crippen molar-refractivity contribution in [1.29, 1.82) is 0 Å². The molecule has 0 atom stereocenters. The number of hydrogen-bond acceptors (Lipinski definition) is 1. The minimum atomic E-state index is -0.138. The maximum atomic E-state index is 12.5. The minimum absolute atomic E-state index is 0.138. The number of benzene rings is 2. The van der Waals surface area contributed by atoms with E-state index in [1.807, 2.05) is 38.1 Å². The van der Waals surface area contributed by atoms with Crippen LogP contribution < -0.4 is 5.32 Å². The van der Waals surface area contributed by atoms with Crippen molar-refractivity contribution in [3.63, 3.8) is 0 Å². The zero-order chi connectivity index (χ0) is 15.0. The lowest BCUT2D eigenvalue weighted by Gasteiger charge is -2.11. The second-order valence-electron chi connectivity index (χ2n) is 5.11. The van der Waals surface area contributed by atoms with E-state index in [0.717, 1.165) is 27.7 Å². The third-order valence-corrected chi connectivity index (χ3v) is 3.84. The fraction of sp³-hybridized carbons (Fsp3) is 0.118. The molecule has 2 N–H and O–H groups in total. The molecule has 0 aliphatic rings. The number of anilines is 1. The second-order valence-corrected chi connectivity index (χ2v) is 5.55. The van der Waals surface area contributed by atoms with Crippen LogP contribution in [0.1, 0.15) is 21.5 Å². The maximum absolute atomic E-state index is 12.5. The van der Waals surface area contributed by atoms with Gasteiger partial charge in [0.1, 0.15) is 0 Å². The van der Waals surface area contributed by atoms with Crippen molar-refractivity contribution in [3.05, 3.63) is 64.3 Å². The Morgan fingerprint density at radius 3 is 2.57 bits per heavy atom. The third kappa shape index (κ3) is 2.52. The summed E-state index contributed by atoms with van der Waals surface area (Å²) in [5, 5.41) is 4.43. The molecular weight excluding hydrogens is 284 g/mol. The molecule has 1 aromatic heterocycles. The Kier molecular flexibility index (Phi) is 3.43. The standard InChI is InChI=1S/C17H15ClN2O/c1-10-4-3-5-11(2)16(10)20-17(21)14-9-19-15-7-6-12(18)8-13(14)15/h3-9,19H,1-2H3,(H,20,21). The molecule has 0 saturated carbocycles. The Balaban J connectivity index is 2.00. The van der Waals surface area contributed by atoms with Crippen LogP contribution in [0.3, 0.4) is 0 Å². The SMILES string of the molecule is Cc1cccc(C)c1NC(=O)c1c[nH]c2ccc(Cl)cc12. The Hall–Kier alpha value is -2.26. The van der Waals surface area contributed by atoms with Gasteiger partial charge in [-0.3, -0.25) is 4.79 Å². The van der Waals surface area contributed by atoms with Crippen molar-refractivity contribution in [3.8, 4) is 0 Å². The summed E-state index contributed by atoms with van der Waals surface area (Å²) < 4.78 is 0. The van der Waals surface area contributed by atoms with E-state index in [4.69, 9.17) is 11.6 Å². The van der Waals surface area contributed by atoms with Gasteiger partial charge in [0.05, 0.1) is 5.56 Å². The lowest BCUT2D eigenvalue weighted by atomic mass is 10.1. The minimum Gasteiger partial charge on any atom is -0.360 e. The smallest absolute Gasteiger partial charge is 0.257 e. The van der Waals surface area contributed by atoms with E-state index < -0.39 is 0 Å². The van der Waals surface area contributed by atoms with Crippen molar-refractivity contribution in [2.24, 2.45) is 0 Å². The lowest BCUT2D eigenvalue weighted by Crippen LogP contribution is -2.13. The molecule has 0 unspecified atom stereocenters. The Morgan fingerprint density at radius 2 is 1.86 bits per heavy atom. The fourth-order valence-electron chi connectivity index (χ4n) is 2.47. The van der Waals surface area contributed by atoms with E-state index >= 15 is 0 Å². The second kappa shape index (κ2) is 5.26. The molecular formula is C17H15ClN2O. The van der Waals surface area contributed by atoms with Crippen LogP contribution in [-0.2, 0) is 0 Å². The highest BCUT2D eigenvalue weighted by molar-refractivity contribution is 6.31. The molecule has 0 fully saturated rings. The molecule has 0 radical (unpaired) electrons. The highest BCUT2D eigenvalue weighted by Gasteiger charge is 2.14. The molecule has 1 heterocycles. The van der Waals surface area contributed by atoms with Crippen molar-refractivity contribution in [2.75, 3.05) is 5.32 Å². The molecule has 3 nitrogen and oxygen atoms in total. The van der Waals surface area contributed by atoms with Gasteiger partial charge in [-0.25, -0.2) is 0 Å². The predicted molar refractivity (Wildman–Crippen MR) is 87.2 cm³/mol. The molecule has 0 spiro atoms. The number of nitrogens with one attached hydrogen (secondary N) is 2. The normalized spacial score (nSPS) is 10.8. The summed E-state index contributed by atoms with van der Waals surface area (Å²) >= 11 is 6.02.